The highest BCUT2D eigenvalue weighted by atomic mass is 32.1. The highest BCUT2D eigenvalue weighted by molar-refractivity contribution is 7.10. The number of aryl methyl sites for hydroxylation is 2. The molecule has 1 N–H and O–H groups in total. The second-order valence-electron chi connectivity index (χ2n) is 6.11. The van der Waals surface area contributed by atoms with Crippen LogP contribution < -0.4 is 5.32 Å². The fourth-order valence-electron chi connectivity index (χ4n) is 3.02. The monoisotopic (exact) mass is 347 g/mol. The lowest BCUT2D eigenvalue weighted by molar-refractivity contribution is 0.0475. The highest BCUT2D eigenvalue weighted by Crippen LogP contribution is 2.38. The van der Waals surface area contributed by atoms with Gasteiger partial charge in [0, 0.05) is 30.0 Å². The highest BCUT2D eigenvalue weighted by Gasteiger charge is 2.28. The number of ketones is 1. The molecule has 0 spiro atoms. The van der Waals surface area contributed by atoms with E-state index in [1.165, 1.54) is 11.5 Å². The normalized spacial score (nSPS) is 13.8. The first-order chi connectivity index (χ1) is 11.4. The van der Waals surface area contributed by atoms with E-state index in [0.29, 0.717) is 27.9 Å². The third-order valence-electron chi connectivity index (χ3n) is 4.33. The molecule has 0 atom stereocenters. The van der Waals surface area contributed by atoms with Gasteiger partial charge in [-0.2, -0.15) is 4.37 Å². The first-order valence-corrected chi connectivity index (χ1v) is 8.74. The Balaban J connectivity index is 1.71. The summed E-state index contributed by atoms with van der Waals surface area (Å²) in [6.07, 6.45) is 2.33. The molecule has 0 bridgehead atoms. The van der Waals surface area contributed by atoms with E-state index >= 15 is 0 Å². The zero-order chi connectivity index (χ0) is 17.4. The molecule has 0 aliphatic heterocycles. The lowest BCUT2D eigenvalue weighted by Crippen LogP contribution is -2.16. The van der Waals surface area contributed by atoms with Crippen molar-refractivity contribution in [1.29, 1.82) is 0 Å². The molecule has 0 amide bonds. The average Bonchev–Trinajstić information content (AvgIpc) is 3.24. The molecule has 0 radical (unpaired) electrons. The summed E-state index contributed by atoms with van der Waals surface area (Å²) < 4.78 is 11.6. The summed E-state index contributed by atoms with van der Waals surface area (Å²) in [6, 6.07) is 2.41. The molecular weight excluding hydrogens is 326 g/mol. The van der Waals surface area contributed by atoms with Crippen LogP contribution in [0.25, 0.3) is 0 Å². The van der Waals surface area contributed by atoms with Crippen LogP contribution in [0.2, 0.25) is 0 Å². The second kappa shape index (κ2) is 6.39. The lowest BCUT2D eigenvalue weighted by atomic mass is 10.1. The van der Waals surface area contributed by atoms with Crippen molar-refractivity contribution in [3.63, 3.8) is 0 Å². The van der Waals surface area contributed by atoms with Crippen molar-refractivity contribution in [3.8, 4) is 0 Å². The predicted octanol–water partition coefficient (Wildman–Crippen LogP) is 3.29. The molecule has 3 rings (SSSR count). The van der Waals surface area contributed by atoms with Crippen molar-refractivity contribution >= 4 is 28.3 Å². The second-order valence-corrected chi connectivity index (χ2v) is 6.88. The van der Waals surface area contributed by atoms with Gasteiger partial charge in [-0.3, -0.25) is 4.79 Å². The van der Waals surface area contributed by atoms with E-state index in [4.69, 9.17) is 4.74 Å². The quantitative estimate of drug-likeness (QED) is 0.641. The molecule has 1 fully saturated rings. The maximum Gasteiger partial charge on any atom is 0.343 e. The number of nitrogens with one attached hydrogen (secondary N) is 1. The van der Waals surface area contributed by atoms with Crippen LogP contribution >= 0.6 is 11.5 Å². The summed E-state index contributed by atoms with van der Waals surface area (Å²) >= 11 is 1.20. The van der Waals surface area contributed by atoms with Gasteiger partial charge in [-0.15, -0.1) is 0 Å². The molecule has 0 unspecified atom stereocenters. The predicted molar refractivity (Wildman–Crippen MR) is 93.2 cm³/mol. The number of carbonyl (C=O) groups is 2. The van der Waals surface area contributed by atoms with Crippen molar-refractivity contribution in [2.75, 3.05) is 19.0 Å². The Morgan fingerprint density at radius 2 is 2.08 bits per heavy atom. The van der Waals surface area contributed by atoms with E-state index in [1.807, 2.05) is 19.9 Å². The number of aromatic nitrogens is 2. The summed E-state index contributed by atoms with van der Waals surface area (Å²) in [5, 5.41) is 3.57. The summed E-state index contributed by atoms with van der Waals surface area (Å²) in [6.45, 7) is 5.45. The molecule has 0 saturated heterocycles. The Kier molecular flexibility index (Phi) is 4.45. The van der Waals surface area contributed by atoms with Gasteiger partial charge in [0.15, 0.2) is 6.61 Å². The summed E-state index contributed by atoms with van der Waals surface area (Å²) in [5.74, 6) is -0.690. The van der Waals surface area contributed by atoms with Crippen LogP contribution in [-0.4, -0.2) is 34.3 Å². The van der Waals surface area contributed by atoms with Crippen LogP contribution in [0.1, 0.15) is 56.7 Å². The molecule has 0 aromatic carbocycles. The fraction of sp³-hybridized carbons (Fsp3) is 0.471. The largest absolute Gasteiger partial charge is 0.454 e. The van der Waals surface area contributed by atoms with Gasteiger partial charge in [-0.05, 0) is 51.2 Å². The summed E-state index contributed by atoms with van der Waals surface area (Å²) in [4.78, 5) is 24.7. The summed E-state index contributed by atoms with van der Waals surface area (Å²) in [7, 11) is 1.72. The van der Waals surface area contributed by atoms with Crippen molar-refractivity contribution in [1.82, 2.24) is 8.94 Å². The molecule has 6 nitrogen and oxygen atoms in total. The average molecular weight is 347 g/mol. The summed E-state index contributed by atoms with van der Waals surface area (Å²) in [5.41, 5.74) is 3.69. The number of rotatable bonds is 6. The minimum atomic E-state index is -0.519. The van der Waals surface area contributed by atoms with Gasteiger partial charge in [-0.1, -0.05) is 0 Å². The fourth-order valence-corrected chi connectivity index (χ4v) is 3.75. The van der Waals surface area contributed by atoms with Gasteiger partial charge in [0.05, 0.1) is 5.69 Å². The van der Waals surface area contributed by atoms with Crippen LogP contribution in [0.4, 0.5) is 5.00 Å². The number of carbonyl (C=O) groups excluding carboxylic acids is 2. The van der Waals surface area contributed by atoms with E-state index in [1.54, 1.807) is 14.0 Å². The number of hydrogen-bond acceptors (Lipinski definition) is 6. The van der Waals surface area contributed by atoms with Crippen LogP contribution in [0.5, 0.6) is 0 Å². The van der Waals surface area contributed by atoms with E-state index < -0.39 is 5.97 Å². The van der Waals surface area contributed by atoms with Gasteiger partial charge in [0.25, 0.3) is 0 Å². The van der Waals surface area contributed by atoms with Gasteiger partial charge in [0.1, 0.15) is 10.6 Å². The number of esters is 1. The number of Topliss-reactive ketones (excluding diaryl/α,β-unsaturated/α-hetero) is 1. The molecule has 1 aliphatic rings. The third-order valence-corrected chi connectivity index (χ3v) is 5.28. The van der Waals surface area contributed by atoms with Crippen LogP contribution in [0.15, 0.2) is 6.07 Å². The molecule has 1 aliphatic carbocycles. The number of ether oxygens (including phenoxy) is 1. The van der Waals surface area contributed by atoms with Gasteiger partial charge < -0.3 is 14.6 Å². The molecule has 2 aromatic heterocycles. The minimum Gasteiger partial charge on any atom is -0.454 e. The molecule has 7 heteroatoms. The smallest absolute Gasteiger partial charge is 0.343 e. The Bertz CT molecular complexity index is 802. The zero-order valence-corrected chi connectivity index (χ0v) is 15.1. The zero-order valence-electron chi connectivity index (χ0n) is 14.3. The van der Waals surface area contributed by atoms with Gasteiger partial charge in [-0.25, -0.2) is 4.79 Å². The Hall–Kier alpha value is -2.15. The van der Waals surface area contributed by atoms with E-state index in [0.717, 1.165) is 24.2 Å². The van der Waals surface area contributed by atoms with Crippen LogP contribution in [0, 0.1) is 20.8 Å². The molecule has 24 heavy (non-hydrogen) atoms. The number of hydrogen-bond donors (Lipinski definition) is 1. The van der Waals surface area contributed by atoms with Crippen molar-refractivity contribution < 1.29 is 14.3 Å². The van der Waals surface area contributed by atoms with E-state index in [-0.39, 0.29) is 12.4 Å². The van der Waals surface area contributed by atoms with Crippen molar-refractivity contribution in [2.24, 2.45) is 0 Å². The number of nitrogens with zero attached hydrogens (tertiary/aromatic N) is 2. The molecule has 2 aromatic rings. The van der Waals surface area contributed by atoms with Gasteiger partial charge >= 0.3 is 5.97 Å². The molecule has 1 saturated carbocycles. The van der Waals surface area contributed by atoms with E-state index in [2.05, 4.69) is 14.3 Å². The first kappa shape index (κ1) is 16.7. The topological polar surface area (TPSA) is 73.2 Å². The SMILES string of the molecule is CNc1snc(C)c1C(=O)OCC(=O)c1cc(C)n(C2CC2)c1C. The first-order valence-electron chi connectivity index (χ1n) is 7.96. The van der Waals surface area contributed by atoms with Crippen LogP contribution in [-0.2, 0) is 4.74 Å². The number of anilines is 1. The minimum absolute atomic E-state index is 0.171. The van der Waals surface area contributed by atoms with Crippen molar-refractivity contribution in [3.05, 3.63) is 34.3 Å². The Morgan fingerprint density at radius 3 is 2.71 bits per heavy atom. The standard InChI is InChI=1S/C17H21N3O3S/c1-9-7-13(11(3)20(9)12-5-6-12)14(21)8-23-17(22)15-10(2)19-24-16(15)18-4/h7,12,18H,5-6,8H2,1-4H3. The third kappa shape index (κ3) is 2.96. The van der Waals surface area contributed by atoms with Crippen molar-refractivity contribution in [2.45, 2.75) is 39.7 Å². The molecule has 128 valence electrons. The Morgan fingerprint density at radius 1 is 1.38 bits per heavy atom. The maximum absolute atomic E-state index is 12.5. The van der Waals surface area contributed by atoms with Gasteiger partial charge in [0.2, 0.25) is 5.78 Å². The van der Waals surface area contributed by atoms with E-state index in [9.17, 15) is 9.59 Å². The molecule has 2 heterocycles. The lowest BCUT2D eigenvalue weighted by Gasteiger charge is -2.08. The molecular formula is C17H21N3O3S. The maximum atomic E-state index is 12.5. The Labute approximate surface area is 145 Å². The van der Waals surface area contributed by atoms with Crippen LogP contribution in [0.3, 0.4) is 0 Å².